The van der Waals surface area contributed by atoms with Gasteiger partial charge in [-0.15, -0.1) is 11.3 Å². The Morgan fingerprint density at radius 2 is 0.735 bits per heavy atom. The van der Waals surface area contributed by atoms with E-state index in [0.29, 0.717) is 17.5 Å². The summed E-state index contributed by atoms with van der Waals surface area (Å²) in [5, 5.41) is 3.47. The Bertz CT molecular complexity index is 2490. The second-order valence-electron chi connectivity index (χ2n) is 11.9. The molecule has 0 amide bonds. The molecule has 2 heterocycles. The average molecular weight is 645 g/mol. The summed E-state index contributed by atoms with van der Waals surface area (Å²) in [4.78, 5) is 19.5. The van der Waals surface area contributed by atoms with Gasteiger partial charge in [-0.05, 0) is 45.2 Å². The molecule has 0 atom stereocenters. The summed E-state index contributed by atoms with van der Waals surface area (Å²) >= 11 is 1.73. The molecule has 9 rings (SSSR count). The molecule has 0 spiro atoms. The van der Waals surface area contributed by atoms with Crippen molar-refractivity contribution >= 4 is 32.3 Å². The van der Waals surface area contributed by atoms with Crippen molar-refractivity contribution in [1.29, 1.82) is 0 Å². The van der Waals surface area contributed by atoms with Crippen molar-refractivity contribution in [2.45, 2.75) is 0 Å². The molecule has 7 aromatic carbocycles. The van der Waals surface area contributed by atoms with Gasteiger partial charge in [0.2, 0.25) is 0 Å². The number of benzene rings is 7. The number of hydrogen-bond acceptors (Lipinski definition) is 5. The zero-order valence-corrected chi connectivity index (χ0v) is 27.2. The lowest BCUT2D eigenvalue weighted by atomic mass is 9.92. The first kappa shape index (κ1) is 28.9. The van der Waals surface area contributed by atoms with Crippen LogP contribution in [0.25, 0.3) is 88.0 Å². The average Bonchev–Trinajstić information content (AvgIpc) is 3.63. The van der Waals surface area contributed by atoms with Crippen LogP contribution in [0.3, 0.4) is 0 Å². The lowest BCUT2D eigenvalue weighted by Crippen LogP contribution is -2.00. The Balaban J connectivity index is 1.06. The second kappa shape index (κ2) is 12.4. The molecule has 4 nitrogen and oxygen atoms in total. The van der Waals surface area contributed by atoms with E-state index < -0.39 is 0 Å². The number of rotatable bonds is 6. The Morgan fingerprint density at radius 3 is 1.24 bits per heavy atom. The van der Waals surface area contributed by atoms with Crippen molar-refractivity contribution in [3.8, 4) is 67.0 Å². The van der Waals surface area contributed by atoms with Gasteiger partial charge in [0.1, 0.15) is 5.01 Å². The highest BCUT2D eigenvalue weighted by atomic mass is 32.1. The standard InChI is InChI=1S/C44H28N4S/c1-3-11-31(12-4-1)41-46-42(32-13-5-2-6-14-32)48-43(47-41)33-25-21-29(22-26-33)35-15-9-18-38-36(16-10-17-37(35)38)30-23-27-34(28-24-30)44-45-39-19-7-8-20-40(39)49-44/h1-28H. The first-order chi connectivity index (χ1) is 24.3. The first-order valence-electron chi connectivity index (χ1n) is 16.2. The van der Waals surface area contributed by atoms with Gasteiger partial charge < -0.3 is 0 Å². The SMILES string of the molecule is c1ccc(-c2nc(-c3ccccc3)nc(-c3ccc(-c4cccc5c(-c6ccc(-c7nc8ccccc8s7)cc6)cccc45)cc3)n2)cc1. The fourth-order valence-electron chi connectivity index (χ4n) is 6.34. The van der Waals surface area contributed by atoms with E-state index in [1.54, 1.807) is 11.3 Å². The van der Waals surface area contributed by atoms with Gasteiger partial charge in [-0.25, -0.2) is 19.9 Å². The van der Waals surface area contributed by atoms with Crippen LogP contribution in [0, 0.1) is 0 Å². The Hall–Kier alpha value is -6.30. The van der Waals surface area contributed by atoms with E-state index in [9.17, 15) is 0 Å². The zero-order chi connectivity index (χ0) is 32.6. The third-order valence-electron chi connectivity index (χ3n) is 8.81. The van der Waals surface area contributed by atoms with Crippen LogP contribution < -0.4 is 0 Å². The van der Waals surface area contributed by atoms with Crippen LogP contribution in [-0.4, -0.2) is 19.9 Å². The number of para-hydroxylation sites is 1. The van der Waals surface area contributed by atoms with Crippen molar-refractivity contribution in [3.63, 3.8) is 0 Å². The Morgan fingerprint density at radius 1 is 0.306 bits per heavy atom. The number of aromatic nitrogens is 4. The van der Waals surface area contributed by atoms with Gasteiger partial charge in [-0.1, -0.05) is 158 Å². The van der Waals surface area contributed by atoms with Crippen LogP contribution in [0.2, 0.25) is 0 Å². The van der Waals surface area contributed by atoms with E-state index in [4.69, 9.17) is 19.9 Å². The maximum absolute atomic E-state index is 4.91. The van der Waals surface area contributed by atoms with Gasteiger partial charge in [0, 0.05) is 22.3 Å². The summed E-state index contributed by atoms with van der Waals surface area (Å²) in [7, 11) is 0. The molecule has 0 unspecified atom stereocenters. The van der Waals surface area contributed by atoms with E-state index in [1.807, 2.05) is 66.7 Å². The normalized spacial score (nSPS) is 11.3. The van der Waals surface area contributed by atoms with Gasteiger partial charge >= 0.3 is 0 Å². The monoisotopic (exact) mass is 644 g/mol. The van der Waals surface area contributed by atoms with Crippen LogP contribution in [0.4, 0.5) is 0 Å². The summed E-state index contributed by atoms with van der Waals surface area (Å²) in [5.41, 5.74) is 9.74. The smallest absolute Gasteiger partial charge is 0.164 e. The van der Waals surface area contributed by atoms with Crippen LogP contribution in [0.5, 0.6) is 0 Å². The van der Waals surface area contributed by atoms with Gasteiger partial charge in [0.15, 0.2) is 17.5 Å². The fourth-order valence-corrected chi connectivity index (χ4v) is 7.31. The van der Waals surface area contributed by atoms with Crippen LogP contribution >= 0.6 is 11.3 Å². The van der Waals surface area contributed by atoms with E-state index in [0.717, 1.165) is 38.3 Å². The third-order valence-corrected chi connectivity index (χ3v) is 9.90. The minimum atomic E-state index is 0.647. The highest BCUT2D eigenvalue weighted by Gasteiger charge is 2.14. The highest BCUT2D eigenvalue weighted by molar-refractivity contribution is 7.21. The zero-order valence-electron chi connectivity index (χ0n) is 26.4. The van der Waals surface area contributed by atoms with Crippen molar-refractivity contribution in [3.05, 3.63) is 170 Å². The van der Waals surface area contributed by atoms with E-state index in [2.05, 4.69) is 103 Å². The molecule has 0 saturated heterocycles. The summed E-state index contributed by atoms with van der Waals surface area (Å²) in [6.07, 6.45) is 0. The number of fused-ring (bicyclic) bond motifs is 2. The molecular weight excluding hydrogens is 617 g/mol. The predicted molar refractivity (Wildman–Crippen MR) is 203 cm³/mol. The molecule has 49 heavy (non-hydrogen) atoms. The molecule has 9 aromatic rings. The Kier molecular flexibility index (Phi) is 7.30. The fraction of sp³-hybridized carbons (Fsp3) is 0. The second-order valence-corrected chi connectivity index (χ2v) is 12.9. The first-order valence-corrected chi connectivity index (χ1v) is 17.0. The third kappa shape index (κ3) is 5.56. The molecule has 0 radical (unpaired) electrons. The van der Waals surface area contributed by atoms with Crippen LogP contribution in [-0.2, 0) is 0 Å². The predicted octanol–water partition coefficient (Wildman–Crippen LogP) is 11.6. The van der Waals surface area contributed by atoms with Crippen molar-refractivity contribution in [2.24, 2.45) is 0 Å². The lowest BCUT2D eigenvalue weighted by molar-refractivity contribution is 1.07. The summed E-state index contributed by atoms with van der Waals surface area (Å²) < 4.78 is 1.21. The van der Waals surface area contributed by atoms with E-state index in [-0.39, 0.29) is 0 Å². The van der Waals surface area contributed by atoms with Crippen LogP contribution in [0.15, 0.2) is 170 Å². The molecule has 0 fully saturated rings. The number of hydrogen-bond donors (Lipinski definition) is 0. The molecule has 0 saturated carbocycles. The number of thiazole rings is 1. The Labute approximate surface area is 288 Å². The minimum absolute atomic E-state index is 0.647. The van der Waals surface area contributed by atoms with Gasteiger partial charge in [0.25, 0.3) is 0 Å². The van der Waals surface area contributed by atoms with Gasteiger partial charge in [-0.3, -0.25) is 0 Å². The quantitative estimate of drug-likeness (QED) is 0.181. The molecule has 0 bridgehead atoms. The minimum Gasteiger partial charge on any atom is -0.236 e. The molecule has 0 aliphatic rings. The summed E-state index contributed by atoms with van der Waals surface area (Å²) in [6, 6.07) is 58.9. The molecule has 230 valence electrons. The van der Waals surface area contributed by atoms with E-state index >= 15 is 0 Å². The topological polar surface area (TPSA) is 51.6 Å². The molecule has 0 aliphatic carbocycles. The molecule has 2 aromatic heterocycles. The maximum atomic E-state index is 4.91. The van der Waals surface area contributed by atoms with Crippen molar-refractivity contribution < 1.29 is 0 Å². The van der Waals surface area contributed by atoms with Gasteiger partial charge in [-0.2, -0.15) is 0 Å². The molecular formula is C44H28N4S. The largest absolute Gasteiger partial charge is 0.236 e. The number of nitrogens with zero attached hydrogens (tertiary/aromatic N) is 4. The molecule has 0 N–H and O–H groups in total. The lowest BCUT2D eigenvalue weighted by Gasteiger charge is -2.12. The summed E-state index contributed by atoms with van der Waals surface area (Å²) in [5.74, 6) is 1.96. The van der Waals surface area contributed by atoms with Crippen LogP contribution in [0.1, 0.15) is 0 Å². The highest BCUT2D eigenvalue weighted by Crippen LogP contribution is 2.37. The van der Waals surface area contributed by atoms with E-state index in [1.165, 1.54) is 32.2 Å². The van der Waals surface area contributed by atoms with Gasteiger partial charge in [0.05, 0.1) is 10.2 Å². The maximum Gasteiger partial charge on any atom is 0.164 e. The molecule has 5 heteroatoms. The van der Waals surface area contributed by atoms with Crippen molar-refractivity contribution in [1.82, 2.24) is 19.9 Å². The molecule has 0 aliphatic heterocycles. The summed E-state index contributed by atoms with van der Waals surface area (Å²) in [6.45, 7) is 0. The van der Waals surface area contributed by atoms with Crippen molar-refractivity contribution in [2.75, 3.05) is 0 Å².